The minimum absolute atomic E-state index is 0.139. The average molecular weight is 452 g/mol. The van der Waals surface area contributed by atoms with Gasteiger partial charge in [-0.15, -0.1) is 5.10 Å². The molecule has 0 saturated carbocycles. The highest BCUT2D eigenvalue weighted by Crippen LogP contribution is 2.24. The molecule has 0 aliphatic rings. The van der Waals surface area contributed by atoms with E-state index in [1.54, 1.807) is 10.6 Å². The lowest BCUT2D eigenvalue weighted by Crippen LogP contribution is -2.15. The van der Waals surface area contributed by atoms with E-state index in [0.29, 0.717) is 21.6 Å². The number of carbonyl (C=O) groups is 1. The molecule has 0 radical (unpaired) electrons. The van der Waals surface area contributed by atoms with E-state index in [4.69, 9.17) is 11.6 Å². The quantitative estimate of drug-likeness (QED) is 0.416. The maximum Gasteiger partial charge on any atom is 0.253 e. The van der Waals surface area contributed by atoms with Gasteiger partial charge in [0, 0.05) is 28.5 Å². The third-order valence-electron chi connectivity index (χ3n) is 5.13. The normalized spacial score (nSPS) is 11.1. The van der Waals surface area contributed by atoms with Gasteiger partial charge in [0.15, 0.2) is 0 Å². The summed E-state index contributed by atoms with van der Waals surface area (Å²) >= 11 is 7.40. The van der Waals surface area contributed by atoms with Crippen molar-refractivity contribution < 1.29 is 4.79 Å². The molecule has 2 aromatic carbocycles. The van der Waals surface area contributed by atoms with Gasteiger partial charge in [-0.25, -0.2) is 9.50 Å². The Kier molecular flexibility index (Phi) is 6.25. The molecule has 1 amide bonds. The van der Waals surface area contributed by atoms with E-state index in [1.807, 2.05) is 51.1 Å². The number of nitrogens with one attached hydrogen (secondary N) is 1. The van der Waals surface area contributed by atoms with E-state index in [1.165, 1.54) is 17.3 Å². The van der Waals surface area contributed by atoms with Crippen LogP contribution in [0.25, 0.3) is 5.78 Å². The van der Waals surface area contributed by atoms with Crippen LogP contribution in [0.4, 0.5) is 5.69 Å². The first kappa shape index (κ1) is 21.3. The predicted molar refractivity (Wildman–Crippen MR) is 125 cm³/mol. The zero-order valence-corrected chi connectivity index (χ0v) is 19.1. The van der Waals surface area contributed by atoms with Gasteiger partial charge >= 0.3 is 0 Å². The van der Waals surface area contributed by atoms with Gasteiger partial charge in [-0.3, -0.25) is 4.79 Å². The van der Waals surface area contributed by atoms with Crippen LogP contribution in [0.5, 0.6) is 0 Å². The average Bonchev–Trinajstić information content (AvgIpc) is 3.17. The van der Waals surface area contributed by atoms with Crippen molar-refractivity contribution in [1.82, 2.24) is 19.6 Å². The van der Waals surface area contributed by atoms with Crippen LogP contribution < -0.4 is 5.32 Å². The first-order valence-electron chi connectivity index (χ1n) is 9.87. The monoisotopic (exact) mass is 451 g/mol. The molecule has 4 aromatic rings. The topological polar surface area (TPSA) is 72.2 Å². The molecule has 0 fully saturated rings. The van der Waals surface area contributed by atoms with Crippen molar-refractivity contribution in [1.29, 1.82) is 0 Å². The summed E-state index contributed by atoms with van der Waals surface area (Å²) in [6, 6.07) is 15.7. The Morgan fingerprint density at radius 1 is 1.06 bits per heavy atom. The molecule has 31 heavy (non-hydrogen) atoms. The lowest BCUT2D eigenvalue weighted by atomic mass is 10.0. The molecular weight excluding hydrogens is 430 g/mol. The van der Waals surface area contributed by atoms with Crippen molar-refractivity contribution in [3.05, 3.63) is 81.6 Å². The Bertz CT molecular complexity index is 1260. The van der Waals surface area contributed by atoms with Gasteiger partial charge < -0.3 is 5.32 Å². The first-order valence-corrected chi connectivity index (χ1v) is 11.2. The fourth-order valence-electron chi connectivity index (χ4n) is 3.37. The number of halogens is 1. The minimum Gasteiger partial charge on any atom is -0.325 e. The summed E-state index contributed by atoms with van der Waals surface area (Å²) in [5.74, 6) is 0.595. The van der Waals surface area contributed by atoms with Gasteiger partial charge in [-0.1, -0.05) is 59.8 Å². The van der Waals surface area contributed by atoms with E-state index >= 15 is 0 Å². The van der Waals surface area contributed by atoms with Crippen molar-refractivity contribution in [3.8, 4) is 0 Å². The molecule has 1 N–H and O–H groups in total. The maximum absolute atomic E-state index is 12.4. The SMILES string of the molecule is Cc1nc2nc(SCC(=O)Nc3cccc(Cl)c3C)nn2c(C)c1Cc1ccccc1. The summed E-state index contributed by atoms with van der Waals surface area (Å²) in [5, 5.41) is 8.60. The first-order chi connectivity index (χ1) is 14.9. The zero-order valence-electron chi connectivity index (χ0n) is 17.5. The molecule has 4 rings (SSSR count). The second-order valence-electron chi connectivity index (χ2n) is 7.28. The van der Waals surface area contributed by atoms with Gasteiger partial charge in [-0.2, -0.15) is 4.98 Å². The summed E-state index contributed by atoms with van der Waals surface area (Å²) < 4.78 is 1.76. The Balaban J connectivity index is 1.49. The smallest absolute Gasteiger partial charge is 0.253 e. The molecular formula is C23H22ClN5OS. The van der Waals surface area contributed by atoms with Gasteiger partial charge in [-0.05, 0) is 49.6 Å². The number of rotatable bonds is 6. The molecule has 2 aromatic heterocycles. The van der Waals surface area contributed by atoms with E-state index in [-0.39, 0.29) is 11.7 Å². The van der Waals surface area contributed by atoms with Gasteiger partial charge in [0.2, 0.25) is 11.1 Å². The van der Waals surface area contributed by atoms with Gasteiger partial charge in [0.1, 0.15) is 0 Å². The van der Waals surface area contributed by atoms with Crippen LogP contribution in [-0.4, -0.2) is 31.2 Å². The molecule has 8 heteroatoms. The number of nitrogens with zero attached hydrogens (tertiary/aromatic N) is 4. The predicted octanol–water partition coefficient (Wildman–Crippen LogP) is 5.02. The van der Waals surface area contributed by atoms with Crippen molar-refractivity contribution in [2.45, 2.75) is 32.3 Å². The highest BCUT2D eigenvalue weighted by Gasteiger charge is 2.15. The Hall–Kier alpha value is -2.90. The summed E-state index contributed by atoms with van der Waals surface area (Å²) in [5.41, 5.74) is 5.85. The van der Waals surface area contributed by atoms with Crippen molar-refractivity contribution in [2.75, 3.05) is 11.1 Å². The van der Waals surface area contributed by atoms with Crippen LogP contribution in [0, 0.1) is 20.8 Å². The van der Waals surface area contributed by atoms with E-state index < -0.39 is 0 Å². The lowest BCUT2D eigenvalue weighted by molar-refractivity contribution is -0.113. The molecule has 0 aliphatic heterocycles. The molecule has 0 bridgehead atoms. The fourth-order valence-corrected chi connectivity index (χ4v) is 4.16. The Morgan fingerprint density at radius 2 is 1.84 bits per heavy atom. The number of fused-ring (bicyclic) bond motifs is 1. The number of amides is 1. The second kappa shape index (κ2) is 9.08. The van der Waals surface area contributed by atoms with E-state index in [2.05, 4.69) is 32.5 Å². The van der Waals surface area contributed by atoms with Crippen LogP contribution in [0.2, 0.25) is 5.02 Å². The largest absolute Gasteiger partial charge is 0.325 e. The number of aromatic nitrogens is 4. The molecule has 0 unspecified atom stereocenters. The highest BCUT2D eigenvalue weighted by molar-refractivity contribution is 7.99. The summed E-state index contributed by atoms with van der Waals surface area (Å²) in [7, 11) is 0. The Labute approximate surface area is 190 Å². The molecule has 6 nitrogen and oxygen atoms in total. The summed E-state index contributed by atoms with van der Waals surface area (Å²) in [4.78, 5) is 21.5. The van der Waals surface area contributed by atoms with Crippen LogP contribution in [0.3, 0.4) is 0 Å². The lowest BCUT2D eigenvalue weighted by Gasteiger charge is -2.10. The summed E-state index contributed by atoms with van der Waals surface area (Å²) in [6.07, 6.45) is 0.783. The van der Waals surface area contributed by atoms with E-state index in [0.717, 1.165) is 28.9 Å². The zero-order chi connectivity index (χ0) is 22.0. The number of hydrogen-bond donors (Lipinski definition) is 1. The number of carbonyl (C=O) groups excluding carboxylic acids is 1. The van der Waals surface area contributed by atoms with Crippen molar-refractivity contribution in [2.24, 2.45) is 0 Å². The number of thioether (sulfide) groups is 1. The number of benzene rings is 2. The number of aryl methyl sites for hydroxylation is 2. The minimum atomic E-state index is -0.139. The van der Waals surface area contributed by atoms with Crippen molar-refractivity contribution >= 4 is 40.7 Å². The van der Waals surface area contributed by atoms with Crippen LogP contribution in [0.1, 0.15) is 28.1 Å². The number of anilines is 1. The van der Waals surface area contributed by atoms with Gasteiger partial charge in [0.25, 0.3) is 5.78 Å². The molecule has 0 spiro atoms. The maximum atomic E-state index is 12.4. The highest BCUT2D eigenvalue weighted by atomic mass is 35.5. The standard InChI is InChI=1S/C23H22ClN5OS/c1-14-19(24)10-7-11-20(14)26-21(30)13-31-23-27-22-25-15(2)18(16(3)29(22)28-23)12-17-8-5-4-6-9-17/h4-11H,12-13H2,1-3H3,(H,26,30). The van der Waals surface area contributed by atoms with E-state index in [9.17, 15) is 4.79 Å². The van der Waals surface area contributed by atoms with Crippen molar-refractivity contribution in [3.63, 3.8) is 0 Å². The second-order valence-corrected chi connectivity index (χ2v) is 8.63. The summed E-state index contributed by atoms with van der Waals surface area (Å²) in [6.45, 7) is 5.89. The molecule has 2 heterocycles. The molecule has 0 aliphatic carbocycles. The van der Waals surface area contributed by atoms with Crippen LogP contribution in [0.15, 0.2) is 53.7 Å². The van der Waals surface area contributed by atoms with Crippen LogP contribution in [-0.2, 0) is 11.2 Å². The molecule has 0 atom stereocenters. The Morgan fingerprint density at radius 3 is 2.61 bits per heavy atom. The molecule has 158 valence electrons. The molecule has 0 saturated heterocycles. The van der Waals surface area contributed by atoms with Gasteiger partial charge in [0.05, 0.1) is 5.75 Å². The fraction of sp³-hybridized carbons (Fsp3) is 0.217. The number of hydrogen-bond acceptors (Lipinski definition) is 5. The third kappa shape index (κ3) is 4.73. The third-order valence-corrected chi connectivity index (χ3v) is 6.37. The van der Waals surface area contributed by atoms with Crippen LogP contribution >= 0.6 is 23.4 Å².